The number of benzene rings is 2. The summed E-state index contributed by atoms with van der Waals surface area (Å²) in [6.07, 6.45) is 0.461. The van der Waals surface area contributed by atoms with Gasteiger partial charge in [0, 0.05) is 34.4 Å². The quantitative estimate of drug-likeness (QED) is 0.294. The Balaban J connectivity index is 1.62. The minimum absolute atomic E-state index is 0.00481. The fourth-order valence-electron chi connectivity index (χ4n) is 3.26. The predicted molar refractivity (Wildman–Crippen MR) is 131 cm³/mol. The molecule has 1 aliphatic rings. The van der Waals surface area contributed by atoms with E-state index in [0.717, 1.165) is 19.5 Å². The molecule has 0 fully saturated rings. The van der Waals surface area contributed by atoms with E-state index in [1.165, 1.54) is 12.1 Å². The molecule has 1 heterocycles. The average molecular weight is 553 g/mol. The summed E-state index contributed by atoms with van der Waals surface area (Å²) in [5.41, 5.74) is 1.13. The summed E-state index contributed by atoms with van der Waals surface area (Å²) in [5, 5.41) is 30.7. The average Bonchev–Trinajstić information content (AvgIpc) is 2.80. The SMILES string of the molecule is O=C(O)C[C@H](NC(=O)CNC(=O)c1cccc(NC2=NCCCN2)c1)c1cc(Br)cc(Cl)c1O. The Kier molecular flexibility index (Phi) is 8.72. The van der Waals surface area contributed by atoms with Crippen LogP contribution in [-0.2, 0) is 9.59 Å². The normalized spacial score (nSPS) is 13.8. The highest BCUT2D eigenvalue weighted by atomic mass is 79.9. The number of carboxylic acid groups (broad SMARTS) is 1. The molecule has 0 spiro atoms. The van der Waals surface area contributed by atoms with Crippen LogP contribution in [0.5, 0.6) is 5.75 Å². The van der Waals surface area contributed by atoms with Crippen LogP contribution in [0.15, 0.2) is 45.9 Å². The Labute approximate surface area is 208 Å². The smallest absolute Gasteiger partial charge is 0.305 e. The van der Waals surface area contributed by atoms with Gasteiger partial charge >= 0.3 is 5.97 Å². The number of carboxylic acids is 1. The number of phenolic OH excluding ortho intramolecular Hbond substituents is 1. The zero-order valence-corrected chi connectivity index (χ0v) is 20.2. The number of nitrogens with zero attached hydrogens (tertiary/aromatic N) is 1. The van der Waals surface area contributed by atoms with Gasteiger partial charge < -0.3 is 31.5 Å². The maximum absolute atomic E-state index is 12.5. The maximum atomic E-state index is 12.5. The minimum atomic E-state index is -1.19. The molecule has 0 aromatic heterocycles. The first-order valence-corrected chi connectivity index (χ1v) is 11.5. The summed E-state index contributed by atoms with van der Waals surface area (Å²) in [7, 11) is 0. The largest absolute Gasteiger partial charge is 0.506 e. The lowest BCUT2D eigenvalue weighted by molar-refractivity contribution is -0.137. The third-order valence-corrected chi connectivity index (χ3v) is 5.59. The van der Waals surface area contributed by atoms with Gasteiger partial charge in [0.25, 0.3) is 5.91 Å². The van der Waals surface area contributed by atoms with Gasteiger partial charge in [-0.25, -0.2) is 0 Å². The van der Waals surface area contributed by atoms with E-state index in [0.29, 0.717) is 21.7 Å². The number of amides is 2. The van der Waals surface area contributed by atoms with E-state index in [1.807, 2.05) is 0 Å². The molecule has 0 saturated carbocycles. The van der Waals surface area contributed by atoms with Gasteiger partial charge in [-0.05, 0) is 36.8 Å². The lowest BCUT2D eigenvalue weighted by Gasteiger charge is -2.20. The summed E-state index contributed by atoms with van der Waals surface area (Å²) in [5.74, 6) is -2.01. The molecular formula is C22H23BrClN5O5. The highest BCUT2D eigenvalue weighted by Crippen LogP contribution is 2.36. The van der Waals surface area contributed by atoms with Crippen LogP contribution in [0.25, 0.3) is 0 Å². The van der Waals surface area contributed by atoms with Crippen LogP contribution in [0.1, 0.15) is 34.8 Å². The van der Waals surface area contributed by atoms with Crippen molar-refractivity contribution in [3.63, 3.8) is 0 Å². The molecule has 180 valence electrons. The number of hydrogen-bond acceptors (Lipinski definition) is 7. The number of carbonyl (C=O) groups is 3. The molecule has 12 heteroatoms. The number of nitrogens with one attached hydrogen (secondary N) is 4. The van der Waals surface area contributed by atoms with Crippen molar-refractivity contribution in [3.05, 3.63) is 57.0 Å². The number of aromatic hydroxyl groups is 1. The first-order valence-electron chi connectivity index (χ1n) is 10.4. The van der Waals surface area contributed by atoms with Crippen molar-refractivity contribution in [3.8, 4) is 5.75 Å². The topological polar surface area (TPSA) is 152 Å². The van der Waals surface area contributed by atoms with E-state index < -0.39 is 36.8 Å². The summed E-state index contributed by atoms with van der Waals surface area (Å²) in [6, 6.07) is 8.56. The molecule has 1 aliphatic heterocycles. The monoisotopic (exact) mass is 551 g/mol. The van der Waals surface area contributed by atoms with E-state index in [-0.39, 0.29) is 16.3 Å². The number of carbonyl (C=O) groups excluding carboxylic acids is 2. The second kappa shape index (κ2) is 11.7. The van der Waals surface area contributed by atoms with Crippen molar-refractivity contribution in [1.29, 1.82) is 0 Å². The molecule has 0 saturated heterocycles. The molecule has 0 bridgehead atoms. The highest BCUT2D eigenvalue weighted by molar-refractivity contribution is 9.10. The fourth-order valence-corrected chi connectivity index (χ4v) is 4.10. The van der Waals surface area contributed by atoms with E-state index in [4.69, 9.17) is 11.6 Å². The van der Waals surface area contributed by atoms with E-state index in [2.05, 4.69) is 42.2 Å². The lowest BCUT2D eigenvalue weighted by atomic mass is 10.0. The van der Waals surface area contributed by atoms with Crippen LogP contribution in [0.3, 0.4) is 0 Å². The molecule has 2 aromatic carbocycles. The van der Waals surface area contributed by atoms with Crippen molar-refractivity contribution < 1.29 is 24.6 Å². The Hall–Kier alpha value is -3.31. The molecule has 0 unspecified atom stereocenters. The van der Waals surface area contributed by atoms with Crippen LogP contribution < -0.4 is 21.3 Å². The van der Waals surface area contributed by atoms with E-state index in [1.54, 1.807) is 24.3 Å². The molecule has 2 amide bonds. The number of hydrogen-bond donors (Lipinski definition) is 6. The molecular weight excluding hydrogens is 530 g/mol. The molecule has 3 rings (SSSR count). The molecule has 6 N–H and O–H groups in total. The van der Waals surface area contributed by atoms with E-state index >= 15 is 0 Å². The zero-order chi connectivity index (χ0) is 24.7. The van der Waals surface area contributed by atoms with Crippen LogP contribution >= 0.6 is 27.5 Å². The third-order valence-electron chi connectivity index (χ3n) is 4.84. The Bertz CT molecular complexity index is 1130. The van der Waals surface area contributed by atoms with E-state index in [9.17, 15) is 24.6 Å². The van der Waals surface area contributed by atoms with Gasteiger partial charge in [-0.3, -0.25) is 19.4 Å². The molecule has 0 aliphatic carbocycles. The van der Waals surface area contributed by atoms with Crippen molar-refractivity contribution in [1.82, 2.24) is 16.0 Å². The molecule has 2 aromatic rings. The van der Waals surface area contributed by atoms with Gasteiger partial charge in [-0.1, -0.05) is 33.6 Å². The Morgan fingerprint density at radius 1 is 1.24 bits per heavy atom. The maximum Gasteiger partial charge on any atom is 0.305 e. The van der Waals surface area contributed by atoms with Gasteiger partial charge in [-0.15, -0.1) is 0 Å². The Morgan fingerprint density at radius 3 is 2.74 bits per heavy atom. The van der Waals surface area contributed by atoms with Crippen molar-refractivity contribution in [2.75, 3.05) is 25.0 Å². The standard InChI is InChI=1S/C22H23BrClN5O5/c23-13-8-15(20(33)16(24)9-13)17(10-19(31)32)29-18(30)11-27-21(34)12-3-1-4-14(7-12)28-22-25-5-2-6-26-22/h1,3-4,7-9,17,33H,2,5-6,10-11H2,(H,27,34)(H,29,30)(H,31,32)(H2,25,26,28)/t17-/m0/s1. The zero-order valence-electron chi connectivity index (χ0n) is 17.9. The lowest BCUT2D eigenvalue weighted by Crippen LogP contribution is -2.39. The summed E-state index contributed by atoms with van der Waals surface area (Å²) in [4.78, 5) is 40.6. The number of halogens is 2. The van der Waals surface area contributed by atoms with Gasteiger partial charge in [0.15, 0.2) is 5.96 Å². The minimum Gasteiger partial charge on any atom is -0.506 e. The van der Waals surface area contributed by atoms with Crippen molar-refractivity contribution >= 4 is 57.0 Å². The summed E-state index contributed by atoms with van der Waals surface area (Å²) in [6.45, 7) is 1.13. The number of aliphatic imine (C=N–C) groups is 1. The molecule has 1 atom stereocenters. The van der Waals surface area contributed by atoms with Gasteiger partial charge in [0.1, 0.15) is 5.75 Å². The molecule has 0 radical (unpaired) electrons. The van der Waals surface area contributed by atoms with Crippen LogP contribution in [0, 0.1) is 0 Å². The third kappa shape index (κ3) is 7.09. The van der Waals surface area contributed by atoms with Crippen LogP contribution in [0.2, 0.25) is 5.02 Å². The molecule has 34 heavy (non-hydrogen) atoms. The summed E-state index contributed by atoms with van der Waals surface area (Å²) >= 11 is 9.20. The number of phenols is 1. The van der Waals surface area contributed by atoms with Gasteiger partial charge in [0.2, 0.25) is 5.91 Å². The second-order valence-corrected chi connectivity index (χ2v) is 8.77. The summed E-state index contributed by atoms with van der Waals surface area (Å²) < 4.78 is 0.506. The highest BCUT2D eigenvalue weighted by Gasteiger charge is 2.23. The molecule has 10 nitrogen and oxygen atoms in total. The number of rotatable bonds is 8. The first-order chi connectivity index (χ1) is 16.2. The van der Waals surface area contributed by atoms with Gasteiger partial charge in [-0.2, -0.15) is 0 Å². The number of aliphatic carboxylic acids is 1. The van der Waals surface area contributed by atoms with Crippen molar-refractivity contribution in [2.24, 2.45) is 4.99 Å². The first kappa shape index (κ1) is 25.3. The van der Waals surface area contributed by atoms with Crippen LogP contribution in [0.4, 0.5) is 5.69 Å². The predicted octanol–water partition coefficient (Wildman–Crippen LogP) is 2.63. The number of guanidine groups is 1. The van der Waals surface area contributed by atoms with Crippen molar-refractivity contribution in [2.45, 2.75) is 18.9 Å². The Morgan fingerprint density at radius 2 is 2.03 bits per heavy atom. The number of anilines is 1. The van der Waals surface area contributed by atoms with Gasteiger partial charge in [0.05, 0.1) is 24.0 Å². The van der Waals surface area contributed by atoms with Crippen LogP contribution in [-0.4, -0.2) is 53.6 Å². The second-order valence-electron chi connectivity index (χ2n) is 7.44. The fraction of sp³-hybridized carbons (Fsp3) is 0.273.